The molecule has 2 rings (SSSR count). The van der Waals surface area contributed by atoms with E-state index < -0.39 is 16.0 Å². The number of hydrogen-bond donors (Lipinski definition) is 0. The highest BCUT2D eigenvalue weighted by Crippen LogP contribution is 2.13. The predicted molar refractivity (Wildman–Crippen MR) is 75.8 cm³/mol. The van der Waals surface area contributed by atoms with E-state index in [4.69, 9.17) is 0 Å². The molecule has 0 aliphatic carbocycles. The van der Waals surface area contributed by atoms with E-state index >= 15 is 0 Å². The van der Waals surface area contributed by atoms with Crippen LogP contribution in [0.4, 0.5) is 5.69 Å². The number of Topliss-reactive ketones (excluding diaryl/α,β-unsaturated/α-hetero) is 1. The molecular weight excluding hydrogens is 328 g/mol. The molecule has 0 bridgehead atoms. The SMILES string of the molecule is O=C(Cn1ccc(=O)c([N+](=O)[O-])c1)c1cccc(Br)c1. The van der Waals surface area contributed by atoms with Gasteiger partial charge in [0.25, 0.3) is 5.43 Å². The monoisotopic (exact) mass is 336 g/mol. The van der Waals surface area contributed by atoms with Gasteiger partial charge in [0.1, 0.15) is 0 Å². The van der Waals surface area contributed by atoms with Gasteiger partial charge in [-0.2, -0.15) is 0 Å². The summed E-state index contributed by atoms with van der Waals surface area (Å²) in [5.41, 5.74) is -0.739. The van der Waals surface area contributed by atoms with Gasteiger partial charge in [-0.1, -0.05) is 28.1 Å². The quantitative estimate of drug-likeness (QED) is 0.487. The number of ketones is 1. The summed E-state index contributed by atoms with van der Waals surface area (Å²) >= 11 is 3.27. The number of aromatic nitrogens is 1. The Hall–Kier alpha value is -2.28. The minimum Gasteiger partial charge on any atom is -0.340 e. The third kappa shape index (κ3) is 3.18. The second-order valence-corrected chi connectivity index (χ2v) is 4.97. The number of pyridine rings is 1. The molecule has 2 aromatic rings. The number of halogens is 1. The summed E-state index contributed by atoms with van der Waals surface area (Å²) < 4.78 is 2.09. The fourth-order valence-corrected chi connectivity index (χ4v) is 2.07. The van der Waals surface area contributed by atoms with Crippen LogP contribution in [0.15, 0.2) is 52.0 Å². The second kappa shape index (κ2) is 5.79. The van der Waals surface area contributed by atoms with Gasteiger partial charge < -0.3 is 4.57 Å². The number of nitrogens with zero attached hydrogens (tertiary/aromatic N) is 2. The van der Waals surface area contributed by atoms with E-state index in [0.717, 1.165) is 16.7 Å². The van der Waals surface area contributed by atoms with Crippen molar-refractivity contribution >= 4 is 27.4 Å². The summed E-state index contributed by atoms with van der Waals surface area (Å²) in [5.74, 6) is -0.204. The van der Waals surface area contributed by atoms with Gasteiger partial charge in [0, 0.05) is 22.3 Å². The molecule has 0 aliphatic heterocycles. The molecular formula is C13H9BrN2O4. The van der Waals surface area contributed by atoms with Gasteiger partial charge in [-0.3, -0.25) is 19.7 Å². The molecule has 7 heteroatoms. The lowest BCUT2D eigenvalue weighted by atomic mass is 10.1. The van der Waals surface area contributed by atoms with Crippen molar-refractivity contribution in [2.75, 3.05) is 0 Å². The van der Waals surface area contributed by atoms with Crippen LogP contribution in [0, 0.1) is 10.1 Å². The summed E-state index contributed by atoms with van der Waals surface area (Å²) in [4.78, 5) is 33.2. The molecule has 1 aromatic carbocycles. The van der Waals surface area contributed by atoms with E-state index in [1.807, 2.05) is 0 Å². The molecule has 0 saturated carbocycles. The van der Waals surface area contributed by atoms with Crippen molar-refractivity contribution in [1.29, 1.82) is 0 Å². The van der Waals surface area contributed by atoms with Crippen LogP contribution < -0.4 is 5.43 Å². The van der Waals surface area contributed by atoms with Crippen LogP contribution in [0.25, 0.3) is 0 Å². The van der Waals surface area contributed by atoms with E-state index in [1.165, 1.54) is 10.8 Å². The number of benzene rings is 1. The minimum atomic E-state index is -0.761. The molecule has 0 spiro atoms. The van der Waals surface area contributed by atoms with E-state index in [1.54, 1.807) is 24.3 Å². The van der Waals surface area contributed by atoms with Crippen LogP contribution >= 0.6 is 15.9 Å². The van der Waals surface area contributed by atoms with Crippen molar-refractivity contribution in [1.82, 2.24) is 4.57 Å². The average Bonchev–Trinajstić information content (AvgIpc) is 2.40. The first-order valence-corrected chi connectivity index (χ1v) is 6.40. The van der Waals surface area contributed by atoms with Crippen molar-refractivity contribution < 1.29 is 9.72 Å². The maximum absolute atomic E-state index is 12.0. The number of carbonyl (C=O) groups is 1. The van der Waals surface area contributed by atoms with E-state index in [9.17, 15) is 19.7 Å². The Kier molecular flexibility index (Phi) is 4.09. The predicted octanol–water partition coefficient (Wildman–Crippen LogP) is 2.40. The highest BCUT2D eigenvalue weighted by molar-refractivity contribution is 9.10. The largest absolute Gasteiger partial charge is 0.340 e. The highest BCUT2D eigenvalue weighted by Gasteiger charge is 2.13. The van der Waals surface area contributed by atoms with E-state index in [0.29, 0.717) is 5.56 Å². The maximum atomic E-state index is 12.0. The summed E-state index contributed by atoms with van der Waals surface area (Å²) in [6, 6.07) is 7.92. The second-order valence-electron chi connectivity index (χ2n) is 4.06. The lowest BCUT2D eigenvalue weighted by Gasteiger charge is -2.05. The molecule has 102 valence electrons. The topological polar surface area (TPSA) is 82.2 Å². The Morgan fingerprint density at radius 3 is 2.75 bits per heavy atom. The van der Waals surface area contributed by atoms with Gasteiger partial charge in [-0.25, -0.2) is 0 Å². The number of carbonyl (C=O) groups excluding carboxylic acids is 1. The zero-order chi connectivity index (χ0) is 14.7. The number of rotatable bonds is 4. The Balaban J connectivity index is 2.26. The van der Waals surface area contributed by atoms with Crippen LogP contribution in [-0.4, -0.2) is 15.3 Å². The number of nitro groups is 1. The van der Waals surface area contributed by atoms with Crippen LogP contribution in [0.2, 0.25) is 0 Å². The first kappa shape index (κ1) is 14.1. The normalized spacial score (nSPS) is 10.2. The fourth-order valence-electron chi connectivity index (χ4n) is 1.67. The minimum absolute atomic E-state index is 0.0719. The molecule has 0 aliphatic rings. The molecule has 20 heavy (non-hydrogen) atoms. The van der Waals surface area contributed by atoms with Gasteiger partial charge in [-0.05, 0) is 12.1 Å². The Morgan fingerprint density at radius 2 is 2.10 bits per heavy atom. The highest BCUT2D eigenvalue weighted by atomic mass is 79.9. The van der Waals surface area contributed by atoms with E-state index in [2.05, 4.69) is 15.9 Å². The van der Waals surface area contributed by atoms with Gasteiger partial charge in [0.05, 0.1) is 17.7 Å². The van der Waals surface area contributed by atoms with Crippen molar-refractivity contribution in [3.8, 4) is 0 Å². The molecule has 0 unspecified atom stereocenters. The van der Waals surface area contributed by atoms with Gasteiger partial charge in [-0.15, -0.1) is 0 Å². The average molecular weight is 337 g/mol. The van der Waals surface area contributed by atoms with Crippen molar-refractivity contribution in [3.63, 3.8) is 0 Å². The van der Waals surface area contributed by atoms with Crippen LogP contribution in [0.1, 0.15) is 10.4 Å². The molecule has 1 heterocycles. The fraction of sp³-hybridized carbons (Fsp3) is 0.0769. The first-order valence-electron chi connectivity index (χ1n) is 5.60. The first-order chi connectivity index (χ1) is 9.47. The van der Waals surface area contributed by atoms with Crippen molar-refractivity contribution in [2.45, 2.75) is 6.54 Å². The van der Waals surface area contributed by atoms with E-state index in [-0.39, 0.29) is 12.3 Å². The zero-order valence-electron chi connectivity index (χ0n) is 10.2. The summed E-state index contributed by atoms with van der Waals surface area (Å²) in [7, 11) is 0. The Morgan fingerprint density at radius 1 is 1.35 bits per heavy atom. The van der Waals surface area contributed by atoms with Gasteiger partial charge >= 0.3 is 5.69 Å². The molecule has 0 fully saturated rings. The van der Waals surface area contributed by atoms with Gasteiger partial charge in [0.2, 0.25) is 0 Å². The van der Waals surface area contributed by atoms with Crippen molar-refractivity contribution in [2.24, 2.45) is 0 Å². The molecule has 0 radical (unpaired) electrons. The third-order valence-corrected chi connectivity index (χ3v) is 3.12. The molecule has 1 aromatic heterocycles. The Labute approximate surface area is 121 Å². The van der Waals surface area contributed by atoms with Crippen molar-refractivity contribution in [3.05, 3.63) is 73.1 Å². The smallest absolute Gasteiger partial charge is 0.332 e. The standard InChI is InChI=1S/C13H9BrN2O4/c14-10-3-1-2-9(6-10)13(18)8-15-5-4-12(17)11(7-15)16(19)20/h1-7H,8H2. The molecule has 6 nitrogen and oxygen atoms in total. The maximum Gasteiger partial charge on any atom is 0.332 e. The lowest BCUT2D eigenvalue weighted by molar-refractivity contribution is -0.386. The Bertz CT molecular complexity index is 739. The van der Waals surface area contributed by atoms with Gasteiger partial charge in [0.15, 0.2) is 5.78 Å². The zero-order valence-corrected chi connectivity index (χ0v) is 11.7. The third-order valence-electron chi connectivity index (χ3n) is 2.63. The van der Waals surface area contributed by atoms with Crippen LogP contribution in [0.3, 0.4) is 0 Å². The molecule has 0 atom stereocenters. The summed E-state index contributed by atoms with van der Waals surface area (Å²) in [6.45, 7) is -0.0719. The lowest BCUT2D eigenvalue weighted by Crippen LogP contribution is -2.15. The molecule has 0 saturated heterocycles. The number of hydrogen-bond acceptors (Lipinski definition) is 4. The molecule has 0 amide bonds. The van der Waals surface area contributed by atoms with Crippen LogP contribution in [-0.2, 0) is 6.54 Å². The summed E-state index contributed by atoms with van der Waals surface area (Å²) in [6.07, 6.45) is 2.42. The summed E-state index contributed by atoms with van der Waals surface area (Å²) in [5, 5.41) is 10.7. The molecule has 0 N–H and O–H groups in total. The van der Waals surface area contributed by atoms with Crippen LogP contribution in [0.5, 0.6) is 0 Å².